The Labute approximate surface area is 109 Å². The molecule has 1 unspecified atom stereocenters. The van der Waals surface area contributed by atoms with Crippen LogP contribution in [0, 0.1) is 11.8 Å². The van der Waals surface area contributed by atoms with Crippen LogP contribution in [0.4, 0.5) is 0 Å². The number of nitrogens with zero attached hydrogens (tertiary/aromatic N) is 1. The fourth-order valence-electron chi connectivity index (χ4n) is 2.71. The highest BCUT2D eigenvalue weighted by Gasteiger charge is 2.33. The first-order chi connectivity index (χ1) is 8.56. The number of rotatable bonds is 5. The Morgan fingerprint density at radius 1 is 1.33 bits per heavy atom. The summed E-state index contributed by atoms with van der Waals surface area (Å²) < 4.78 is 0. The monoisotopic (exact) mass is 252 g/mol. The molecule has 0 aromatic rings. The van der Waals surface area contributed by atoms with Crippen LogP contribution in [0.5, 0.6) is 0 Å². The second-order valence-electron chi connectivity index (χ2n) is 6.10. The SMILES string of the molecule is CC(C)CC1NC(=O)CN(CCC2CCC2)C1=O. The molecule has 1 saturated heterocycles. The predicted molar refractivity (Wildman–Crippen MR) is 69.9 cm³/mol. The summed E-state index contributed by atoms with van der Waals surface area (Å²) in [5, 5.41) is 2.81. The second-order valence-corrected chi connectivity index (χ2v) is 6.10. The standard InChI is InChI=1S/C14H24N2O2/c1-10(2)8-12-14(18)16(9-13(17)15-12)7-6-11-4-3-5-11/h10-12H,3-9H2,1-2H3,(H,15,17). The Bertz CT molecular complexity index is 324. The van der Waals surface area contributed by atoms with Gasteiger partial charge in [0.05, 0.1) is 6.54 Å². The zero-order valence-corrected chi connectivity index (χ0v) is 11.4. The third-order valence-electron chi connectivity index (χ3n) is 4.02. The lowest BCUT2D eigenvalue weighted by atomic mass is 9.83. The van der Waals surface area contributed by atoms with E-state index in [1.807, 2.05) is 0 Å². The van der Waals surface area contributed by atoms with Crippen LogP contribution in [0.25, 0.3) is 0 Å². The van der Waals surface area contributed by atoms with Crippen molar-refractivity contribution in [2.24, 2.45) is 11.8 Å². The van der Waals surface area contributed by atoms with E-state index in [4.69, 9.17) is 0 Å². The zero-order valence-electron chi connectivity index (χ0n) is 11.4. The number of hydrogen-bond donors (Lipinski definition) is 1. The molecule has 1 heterocycles. The maximum absolute atomic E-state index is 12.2. The maximum Gasteiger partial charge on any atom is 0.245 e. The minimum Gasteiger partial charge on any atom is -0.343 e. The van der Waals surface area contributed by atoms with Gasteiger partial charge in [-0.2, -0.15) is 0 Å². The van der Waals surface area contributed by atoms with E-state index in [2.05, 4.69) is 19.2 Å². The van der Waals surface area contributed by atoms with Gasteiger partial charge in [-0.25, -0.2) is 0 Å². The van der Waals surface area contributed by atoms with Crippen molar-refractivity contribution in [3.8, 4) is 0 Å². The van der Waals surface area contributed by atoms with Crippen molar-refractivity contribution in [2.45, 2.75) is 52.0 Å². The van der Waals surface area contributed by atoms with Gasteiger partial charge in [0.25, 0.3) is 0 Å². The molecule has 1 aliphatic carbocycles. The topological polar surface area (TPSA) is 49.4 Å². The average molecular weight is 252 g/mol. The van der Waals surface area contributed by atoms with Crippen LogP contribution in [0.1, 0.15) is 46.0 Å². The number of carbonyl (C=O) groups is 2. The summed E-state index contributed by atoms with van der Waals surface area (Å²) in [7, 11) is 0. The fourth-order valence-corrected chi connectivity index (χ4v) is 2.71. The van der Waals surface area contributed by atoms with Gasteiger partial charge < -0.3 is 10.2 Å². The third kappa shape index (κ3) is 3.24. The summed E-state index contributed by atoms with van der Waals surface area (Å²) in [6, 6.07) is -0.298. The highest BCUT2D eigenvalue weighted by molar-refractivity contribution is 5.94. The first-order valence-corrected chi connectivity index (χ1v) is 7.14. The minimum atomic E-state index is -0.298. The smallest absolute Gasteiger partial charge is 0.245 e. The molecule has 1 N–H and O–H groups in total. The Hall–Kier alpha value is -1.06. The number of amides is 2. The molecule has 0 radical (unpaired) electrons. The van der Waals surface area contributed by atoms with Crippen molar-refractivity contribution in [3.05, 3.63) is 0 Å². The van der Waals surface area contributed by atoms with Crippen molar-refractivity contribution in [1.29, 1.82) is 0 Å². The second kappa shape index (κ2) is 5.72. The first kappa shape index (κ1) is 13.4. The van der Waals surface area contributed by atoms with E-state index < -0.39 is 0 Å². The summed E-state index contributed by atoms with van der Waals surface area (Å²) in [5.74, 6) is 1.31. The van der Waals surface area contributed by atoms with Gasteiger partial charge in [-0.1, -0.05) is 33.1 Å². The summed E-state index contributed by atoms with van der Waals surface area (Å²) in [6.07, 6.45) is 5.72. The van der Waals surface area contributed by atoms with Crippen LogP contribution in [0.15, 0.2) is 0 Å². The molecule has 1 atom stereocenters. The molecule has 4 nitrogen and oxygen atoms in total. The van der Waals surface area contributed by atoms with Gasteiger partial charge in [0.1, 0.15) is 6.04 Å². The molecule has 2 fully saturated rings. The molecular weight excluding hydrogens is 228 g/mol. The van der Waals surface area contributed by atoms with E-state index in [9.17, 15) is 9.59 Å². The molecule has 1 aliphatic heterocycles. The summed E-state index contributed by atoms with van der Waals surface area (Å²) in [5.41, 5.74) is 0. The molecule has 0 spiro atoms. The lowest BCUT2D eigenvalue weighted by molar-refractivity contribution is -0.145. The molecule has 2 rings (SSSR count). The summed E-state index contributed by atoms with van der Waals surface area (Å²) >= 11 is 0. The third-order valence-corrected chi connectivity index (χ3v) is 4.02. The van der Waals surface area contributed by atoms with Crippen molar-refractivity contribution in [2.75, 3.05) is 13.1 Å². The highest BCUT2D eigenvalue weighted by atomic mass is 16.2. The van der Waals surface area contributed by atoms with Crippen LogP contribution in [0.3, 0.4) is 0 Å². The van der Waals surface area contributed by atoms with E-state index in [0.29, 0.717) is 5.92 Å². The lowest BCUT2D eigenvalue weighted by Crippen LogP contribution is -2.58. The largest absolute Gasteiger partial charge is 0.343 e. The van der Waals surface area contributed by atoms with Crippen LogP contribution in [-0.4, -0.2) is 35.8 Å². The molecule has 102 valence electrons. The fraction of sp³-hybridized carbons (Fsp3) is 0.857. The first-order valence-electron chi connectivity index (χ1n) is 7.14. The predicted octanol–water partition coefficient (Wildman–Crippen LogP) is 1.55. The number of hydrogen-bond acceptors (Lipinski definition) is 2. The van der Waals surface area contributed by atoms with Crippen LogP contribution in [-0.2, 0) is 9.59 Å². The van der Waals surface area contributed by atoms with Gasteiger partial charge in [0.15, 0.2) is 0 Å². The highest BCUT2D eigenvalue weighted by Crippen LogP contribution is 2.29. The quantitative estimate of drug-likeness (QED) is 0.807. The van der Waals surface area contributed by atoms with Crippen LogP contribution in [0.2, 0.25) is 0 Å². The van der Waals surface area contributed by atoms with Crippen molar-refractivity contribution >= 4 is 11.8 Å². The van der Waals surface area contributed by atoms with Gasteiger partial charge in [-0.3, -0.25) is 9.59 Å². The Balaban J connectivity index is 1.87. The van der Waals surface area contributed by atoms with E-state index in [1.54, 1.807) is 4.90 Å². The van der Waals surface area contributed by atoms with Crippen molar-refractivity contribution in [3.63, 3.8) is 0 Å². The maximum atomic E-state index is 12.2. The molecule has 1 saturated carbocycles. The lowest BCUT2D eigenvalue weighted by Gasteiger charge is -2.35. The van der Waals surface area contributed by atoms with Crippen molar-refractivity contribution in [1.82, 2.24) is 10.2 Å². The van der Waals surface area contributed by atoms with Crippen LogP contribution < -0.4 is 5.32 Å². The molecule has 2 aliphatic rings. The zero-order chi connectivity index (χ0) is 13.1. The molecule has 4 heteroatoms. The summed E-state index contributed by atoms with van der Waals surface area (Å²) in [4.78, 5) is 25.6. The minimum absolute atomic E-state index is 0.00569. The molecule has 0 aromatic heterocycles. The normalized spacial score (nSPS) is 25.3. The Morgan fingerprint density at radius 2 is 2.06 bits per heavy atom. The molecule has 2 amide bonds. The number of piperazine rings is 1. The molecule has 18 heavy (non-hydrogen) atoms. The molecular formula is C14H24N2O2. The molecule has 0 aromatic carbocycles. The number of carbonyl (C=O) groups excluding carboxylic acids is 2. The van der Waals surface area contributed by atoms with E-state index in [0.717, 1.165) is 25.3 Å². The van der Waals surface area contributed by atoms with Crippen molar-refractivity contribution < 1.29 is 9.59 Å². The Kier molecular flexibility index (Phi) is 4.25. The van der Waals surface area contributed by atoms with Gasteiger partial charge in [0, 0.05) is 6.54 Å². The molecule has 0 bridgehead atoms. The van der Waals surface area contributed by atoms with Gasteiger partial charge in [0.2, 0.25) is 11.8 Å². The van der Waals surface area contributed by atoms with E-state index in [1.165, 1.54) is 19.3 Å². The van der Waals surface area contributed by atoms with E-state index >= 15 is 0 Å². The average Bonchev–Trinajstić information content (AvgIpc) is 2.21. The van der Waals surface area contributed by atoms with Gasteiger partial charge in [-0.15, -0.1) is 0 Å². The Morgan fingerprint density at radius 3 is 2.61 bits per heavy atom. The van der Waals surface area contributed by atoms with Gasteiger partial charge >= 0.3 is 0 Å². The number of nitrogens with one attached hydrogen (secondary N) is 1. The van der Waals surface area contributed by atoms with Gasteiger partial charge in [-0.05, 0) is 24.7 Å². The van der Waals surface area contributed by atoms with E-state index in [-0.39, 0.29) is 24.4 Å². The summed E-state index contributed by atoms with van der Waals surface area (Å²) in [6.45, 7) is 5.16. The van der Waals surface area contributed by atoms with Crippen LogP contribution >= 0.6 is 0 Å².